The number of benzene rings is 2. The molecule has 0 fully saturated rings. The Morgan fingerprint density at radius 1 is 1.07 bits per heavy atom. The number of hydrogen-bond donors (Lipinski definition) is 1. The topological polar surface area (TPSA) is 77.2 Å². The van der Waals surface area contributed by atoms with Crippen LogP contribution in [-0.4, -0.2) is 16.0 Å². The van der Waals surface area contributed by atoms with Crippen molar-refractivity contribution in [3.05, 3.63) is 83.3 Å². The van der Waals surface area contributed by atoms with Crippen molar-refractivity contribution < 1.29 is 18.4 Å². The van der Waals surface area contributed by atoms with Crippen LogP contribution < -0.4 is 10.1 Å². The number of nitrogens with one attached hydrogen (secondary N) is 1. The Hall–Kier alpha value is -3.52. The minimum absolute atomic E-state index is 0.0995. The molecule has 0 aliphatic carbocycles. The van der Waals surface area contributed by atoms with E-state index in [-0.39, 0.29) is 18.1 Å². The quantitative estimate of drug-likeness (QED) is 0.433. The molecule has 0 aliphatic heterocycles. The molecule has 4 aromatic rings. The van der Waals surface area contributed by atoms with Gasteiger partial charge in [0.25, 0.3) is 0 Å². The summed E-state index contributed by atoms with van der Waals surface area (Å²) in [5.74, 6) is 1.77. The Morgan fingerprint density at radius 2 is 1.80 bits per heavy atom. The number of amides is 1. The van der Waals surface area contributed by atoms with Gasteiger partial charge < -0.3 is 14.6 Å². The van der Waals surface area contributed by atoms with E-state index in [1.165, 1.54) is 23.5 Å². The number of aromatic nitrogens is 2. The summed E-state index contributed by atoms with van der Waals surface area (Å²) in [5, 5.41) is 8.75. The summed E-state index contributed by atoms with van der Waals surface area (Å²) in [5.41, 5.74) is 0.938. The molecule has 8 heteroatoms. The highest BCUT2D eigenvalue weighted by Crippen LogP contribution is 2.22. The molecule has 6 nitrogen and oxygen atoms in total. The third kappa shape index (κ3) is 5.30. The summed E-state index contributed by atoms with van der Waals surface area (Å²) >= 11 is 1.53. The molecule has 0 saturated carbocycles. The maximum atomic E-state index is 12.9. The van der Waals surface area contributed by atoms with Crippen molar-refractivity contribution in [1.82, 2.24) is 15.5 Å². The van der Waals surface area contributed by atoms with Gasteiger partial charge in [0.1, 0.15) is 17.3 Å². The van der Waals surface area contributed by atoms with Crippen LogP contribution in [0.5, 0.6) is 11.5 Å². The lowest BCUT2D eigenvalue weighted by Crippen LogP contribution is -2.23. The van der Waals surface area contributed by atoms with Gasteiger partial charge in [-0.15, -0.1) is 11.3 Å². The van der Waals surface area contributed by atoms with Gasteiger partial charge in [-0.25, -0.2) is 4.39 Å². The van der Waals surface area contributed by atoms with Crippen LogP contribution >= 0.6 is 11.3 Å². The van der Waals surface area contributed by atoms with E-state index in [4.69, 9.17) is 9.26 Å². The maximum Gasteiger partial charge on any atom is 0.227 e. The number of carbonyl (C=O) groups excluding carboxylic acids is 1. The minimum atomic E-state index is -0.310. The molecule has 2 aromatic heterocycles. The number of thiophene rings is 1. The zero-order chi connectivity index (χ0) is 20.8. The first-order valence-electron chi connectivity index (χ1n) is 9.31. The van der Waals surface area contributed by atoms with Crippen molar-refractivity contribution in [2.24, 2.45) is 0 Å². The van der Waals surface area contributed by atoms with Crippen LogP contribution in [0.25, 0.3) is 10.7 Å². The van der Waals surface area contributed by atoms with Crippen molar-refractivity contribution in [2.75, 3.05) is 0 Å². The average Bonchev–Trinajstić information content (AvgIpc) is 3.45. The predicted molar refractivity (Wildman–Crippen MR) is 111 cm³/mol. The van der Waals surface area contributed by atoms with Gasteiger partial charge in [0, 0.05) is 19.4 Å². The maximum absolute atomic E-state index is 12.9. The predicted octanol–water partition coefficient (Wildman–Crippen LogP) is 4.98. The molecule has 1 amide bonds. The fraction of sp³-hybridized carbons (Fsp3) is 0.136. The number of rotatable bonds is 8. The van der Waals surface area contributed by atoms with Gasteiger partial charge in [0.05, 0.1) is 4.88 Å². The normalized spacial score (nSPS) is 10.7. The third-order valence-electron chi connectivity index (χ3n) is 4.24. The van der Waals surface area contributed by atoms with Crippen LogP contribution in [-0.2, 0) is 17.8 Å². The number of ether oxygens (including phenoxy) is 1. The number of hydrogen-bond acceptors (Lipinski definition) is 6. The molecule has 0 unspecified atom stereocenters. The van der Waals surface area contributed by atoms with E-state index in [1.807, 2.05) is 29.6 Å². The second-order valence-corrected chi connectivity index (χ2v) is 7.41. The Balaban J connectivity index is 1.22. The standard InChI is InChI=1S/C22H18FN3O3S/c23-16-5-9-18(10-6-16)28-17-7-3-15(4-8-17)14-24-20(27)11-12-21-25-22(26-29-21)19-2-1-13-30-19/h1-10,13H,11-12,14H2,(H,24,27). The molecule has 2 heterocycles. The Morgan fingerprint density at radius 3 is 2.50 bits per heavy atom. The SMILES string of the molecule is O=C(CCc1nc(-c2cccs2)no1)NCc1ccc(Oc2ccc(F)cc2)cc1. The fourth-order valence-electron chi connectivity index (χ4n) is 2.69. The second-order valence-electron chi connectivity index (χ2n) is 6.47. The molecule has 0 spiro atoms. The van der Waals surface area contributed by atoms with Crippen LogP contribution in [0.15, 0.2) is 70.6 Å². The van der Waals surface area contributed by atoms with Gasteiger partial charge in [-0.05, 0) is 53.4 Å². The third-order valence-corrected chi connectivity index (χ3v) is 5.10. The lowest BCUT2D eigenvalue weighted by Gasteiger charge is -2.08. The monoisotopic (exact) mass is 423 g/mol. The van der Waals surface area contributed by atoms with Gasteiger partial charge in [-0.3, -0.25) is 4.79 Å². The summed E-state index contributed by atoms with van der Waals surface area (Å²) in [6, 6.07) is 17.0. The Bertz CT molecular complexity index is 1090. The van der Waals surface area contributed by atoms with Crippen LogP contribution in [0.1, 0.15) is 17.9 Å². The van der Waals surface area contributed by atoms with Crippen molar-refractivity contribution in [3.8, 4) is 22.2 Å². The summed E-state index contributed by atoms with van der Waals surface area (Å²) in [4.78, 5) is 17.3. The van der Waals surface area contributed by atoms with Crippen LogP contribution in [0.4, 0.5) is 4.39 Å². The lowest BCUT2D eigenvalue weighted by molar-refractivity contribution is -0.121. The Labute approximate surface area is 176 Å². The molecule has 2 aromatic carbocycles. The van der Waals surface area contributed by atoms with E-state index in [0.717, 1.165) is 10.4 Å². The highest BCUT2D eigenvalue weighted by Gasteiger charge is 2.11. The van der Waals surface area contributed by atoms with Gasteiger partial charge in [-0.1, -0.05) is 23.4 Å². The molecule has 1 N–H and O–H groups in total. The lowest BCUT2D eigenvalue weighted by atomic mass is 10.2. The van der Waals surface area contributed by atoms with E-state index >= 15 is 0 Å². The van der Waals surface area contributed by atoms with Crippen molar-refractivity contribution in [1.29, 1.82) is 0 Å². The molecular formula is C22H18FN3O3S. The summed E-state index contributed by atoms with van der Waals surface area (Å²) in [6.07, 6.45) is 0.645. The number of carbonyl (C=O) groups is 1. The van der Waals surface area contributed by atoms with Gasteiger partial charge in [-0.2, -0.15) is 4.98 Å². The molecular weight excluding hydrogens is 405 g/mol. The van der Waals surface area contributed by atoms with Crippen LogP contribution in [0.2, 0.25) is 0 Å². The smallest absolute Gasteiger partial charge is 0.227 e. The molecule has 4 rings (SSSR count). The number of aryl methyl sites for hydroxylation is 1. The zero-order valence-electron chi connectivity index (χ0n) is 15.9. The van der Waals surface area contributed by atoms with Crippen LogP contribution in [0, 0.1) is 5.82 Å². The first kappa shape index (κ1) is 19.8. The van der Waals surface area contributed by atoms with E-state index in [9.17, 15) is 9.18 Å². The van der Waals surface area contributed by atoms with Crippen molar-refractivity contribution in [2.45, 2.75) is 19.4 Å². The molecule has 0 bridgehead atoms. The largest absolute Gasteiger partial charge is 0.457 e. The number of halogens is 1. The van der Waals surface area contributed by atoms with Crippen LogP contribution in [0.3, 0.4) is 0 Å². The van der Waals surface area contributed by atoms with E-state index in [1.54, 1.807) is 24.3 Å². The minimum Gasteiger partial charge on any atom is -0.457 e. The summed E-state index contributed by atoms with van der Waals surface area (Å²) in [7, 11) is 0. The first-order chi connectivity index (χ1) is 14.7. The molecule has 0 atom stereocenters. The van der Waals surface area contributed by atoms with E-state index in [0.29, 0.717) is 36.2 Å². The molecule has 30 heavy (non-hydrogen) atoms. The fourth-order valence-corrected chi connectivity index (χ4v) is 3.34. The van der Waals surface area contributed by atoms with Crippen molar-refractivity contribution >= 4 is 17.2 Å². The molecule has 152 valence electrons. The number of nitrogens with zero attached hydrogens (tertiary/aromatic N) is 2. The Kier molecular flexibility index (Phi) is 6.14. The summed E-state index contributed by atoms with van der Waals surface area (Å²) in [6.45, 7) is 0.403. The van der Waals surface area contributed by atoms with E-state index < -0.39 is 0 Å². The van der Waals surface area contributed by atoms with Gasteiger partial charge in [0.15, 0.2) is 0 Å². The zero-order valence-corrected chi connectivity index (χ0v) is 16.7. The molecule has 0 radical (unpaired) electrons. The van der Waals surface area contributed by atoms with Crippen molar-refractivity contribution in [3.63, 3.8) is 0 Å². The molecule has 0 saturated heterocycles. The van der Waals surface area contributed by atoms with Gasteiger partial charge >= 0.3 is 0 Å². The highest BCUT2D eigenvalue weighted by atomic mass is 32.1. The van der Waals surface area contributed by atoms with E-state index in [2.05, 4.69) is 15.5 Å². The average molecular weight is 423 g/mol. The summed E-state index contributed by atoms with van der Waals surface area (Å²) < 4.78 is 23.8. The first-order valence-corrected chi connectivity index (χ1v) is 10.2. The second kappa shape index (κ2) is 9.32. The van der Waals surface area contributed by atoms with Gasteiger partial charge in [0.2, 0.25) is 17.6 Å². The highest BCUT2D eigenvalue weighted by molar-refractivity contribution is 7.13. The molecule has 0 aliphatic rings.